The van der Waals surface area contributed by atoms with Crippen molar-refractivity contribution in [3.8, 4) is 23.0 Å². The summed E-state index contributed by atoms with van der Waals surface area (Å²) in [6.45, 7) is 1.28. The van der Waals surface area contributed by atoms with Crippen LogP contribution in [0.5, 0.6) is 11.6 Å². The van der Waals surface area contributed by atoms with Gasteiger partial charge in [-0.3, -0.25) is 0 Å². The monoisotopic (exact) mass is 643 g/mol. The van der Waals surface area contributed by atoms with Crippen molar-refractivity contribution in [1.29, 1.82) is 0 Å². The molecule has 0 saturated carbocycles. The zero-order valence-corrected chi connectivity index (χ0v) is 25.8. The predicted octanol–water partition coefficient (Wildman–Crippen LogP) is 6.72. The summed E-state index contributed by atoms with van der Waals surface area (Å²) in [5.41, 5.74) is 0.731. The highest BCUT2D eigenvalue weighted by Gasteiger charge is 2.33. The molecule has 0 radical (unpaired) electrons. The van der Waals surface area contributed by atoms with Gasteiger partial charge in [-0.2, -0.15) is 18.2 Å². The van der Waals surface area contributed by atoms with Gasteiger partial charge in [0.2, 0.25) is 11.8 Å². The number of pyridine rings is 1. The first-order valence-electron chi connectivity index (χ1n) is 14.8. The second-order valence-electron chi connectivity index (χ2n) is 11.2. The molecule has 1 saturated heterocycles. The number of likely N-dealkylation sites (N-methyl/N-ethyl adjacent to an activating group) is 1. The summed E-state index contributed by atoms with van der Waals surface area (Å²) >= 11 is 0. The van der Waals surface area contributed by atoms with E-state index in [9.17, 15) is 18.0 Å². The Morgan fingerprint density at radius 2 is 1.74 bits per heavy atom. The minimum Gasteiger partial charge on any atom is -0.438 e. The highest BCUT2D eigenvalue weighted by Crippen LogP contribution is 2.39. The van der Waals surface area contributed by atoms with Crippen molar-refractivity contribution < 1.29 is 22.7 Å². The molecule has 6 rings (SSSR count). The third kappa shape index (κ3) is 6.87. The number of fused-ring (bicyclic) bond motifs is 1. The summed E-state index contributed by atoms with van der Waals surface area (Å²) in [4.78, 5) is 34.6. The van der Waals surface area contributed by atoms with Gasteiger partial charge in [-0.15, -0.1) is 0 Å². The molecule has 1 aliphatic rings. The third-order valence-electron chi connectivity index (χ3n) is 7.95. The number of rotatable bonds is 8. The number of aromatic nitrogens is 4. The number of urea groups is 1. The van der Waals surface area contributed by atoms with Crippen molar-refractivity contribution in [2.75, 3.05) is 55.1 Å². The van der Waals surface area contributed by atoms with Gasteiger partial charge in [0.15, 0.2) is 5.82 Å². The minimum atomic E-state index is -4.57. The Labute approximate surface area is 268 Å². The number of amides is 2. The van der Waals surface area contributed by atoms with E-state index in [1.165, 1.54) is 12.4 Å². The van der Waals surface area contributed by atoms with Gasteiger partial charge in [0, 0.05) is 43.1 Å². The van der Waals surface area contributed by atoms with Crippen molar-refractivity contribution in [1.82, 2.24) is 24.8 Å². The normalized spacial score (nSPS) is 14.8. The number of nitrogens with zero attached hydrogens (tertiary/aromatic N) is 6. The smallest absolute Gasteiger partial charge is 0.416 e. The molecule has 2 aromatic heterocycles. The molecule has 242 valence electrons. The second-order valence-corrected chi connectivity index (χ2v) is 11.2. The van der Waals surface area contributed by atoms with Crippen molar-refractivity contribution in [3.63, 3.8) is 0 Å². The molecular formula is C33H32F3N9O2. The highest BCUT2D eigenvalue weighted by atomic mass is 19.4. The van der Waals surface area contributed by atoms with Crippen molar-refractivity contribution in [2.45, 2.75) is 18.6 Å². The Kier molecular flexibility index (Phi) is 8.76. The number of hydrogen-bond donors (Lipinski definition) is 3. The van der Waals surface area contributed by atoms with Gasteiger partial charge in [-0.25, -0.2) is 19.7 Å². The lowest BCUT2D eigenvalue weighted by atomic mass is 10.1. The number of alkyl halides is 3. The highest BCUT2D eigenvalue weighted by molar-refractivity contribution is 6.08. The number of anilines is 4. The molecule has 11 nitrogen and oxygen atoms in total. The lowest BCUT2D eigenvalue weighted by Crippen LogP contribution is -2.32. The molecule has 5 aromatic rings. The fourth-order valence-corrected chi connectivity index (χ4v) is 5.51. The molecule has 0 aliphatic carbocycles. The fourth-order valence-electron chi connectivity index (χ4n) is 5.51. The predicted molar refractivity (Wildman–Crippen MR) is 175 cm³/mol. The fraction of sp³-hybridized carbons (Fsp3) is 0.242. The van der Waals surface area contributed by atoms with Gasteiger partial charge in [0.25, 0.3) is 0 Å². The average molecular weight is 644 g/mol. The Hall–Kier alpha value is -5.50. The zero-order chi connectivity index (χ0) is 33.1. The molecule has 1 aliphatic heterocycles. The van der Waals surface area contributed by atoms with E-state index in [2.05, 4.69) is 40.8 Å². The molecule has 0 bridgehead atoms. The van der Waals surface area contributed by atoms with E-state index in [0.29, 0.717) is 58.3 Å². The number of carbonyl (C=O) groups excluding carboxylic acids is 1. The van der Waals surface area contributed by atoms with Crippen LogP contribution in [0.15, 0.2) is 79.3 Å². The van der Waals surface area contributed by atoms with Crippen molar-refractivity contribution in [2.24, 2.45) is 0 Å². The lowest BCUT2D eigenvalue weighted by Gasteiger charge is -2.25. The molecule has 0 unspecified atom stereocenters. The molecule has 3 aromatic carbocycles. The maximum absolute atomic E-state index is 13.7. The molecule has 47 heavy (non-hydrogen) atoms. The number of benzene rings is 3. The Balaban J connectivity index is 1.27. The number of hydrogen-bond acceptors (Lipinski definition) is 9. The molecule has 3 heterocycles. The molecule has 14 heteroatoms. The van der Waals surface area contributed by atoms with E-state index in [0.717, 1.165) is 18.6 Å². The van der Waals surface area contributed by atoms with Crippen LogP contribution < -0.4 is 25.6 Å². The molecule has 1 atom stereocenters. The first-order valence-corrected chi connectivity index (χ1v) is 14.8. The molecular weight excluding hydrogens is 611 g/mol. The Morgan fingerprint density at radius 1 is 0.957 bits per heavy atom. The molecule has 2 amide bonds. The van der Waals surface area contributed by atoms with Crippen LogP contribution in [0.25, 0.3) is 22.2 Å². The SMILES string of the molecule is CNc1ncnc(-c2cccnc2Oc2ccc(NC(=O)Nc3cc(C(F)(F)F)ccc3N3CC[C@H](N(C)C)C3)c3ccccc23)n1. The number of halogens is 3. The standard InChI is InChI=1S/C33H32F3N9O2/c1-37-31-40-19-39-29(43-31)24-9-6-15-38-30(24)47-28-13-11-25(22-7-4-5-8-23(22)28)41-32(46)42-26-17-20(33(34,35)36)10-12-27(26)45-16-14-21(18-45)44(2)3/h4-13,15,17,19,21H,14,16,18H2,1-3H3,(H2,41,42,46)(H,37,39,40,43)/t21-/m0/s1. The first-order chi connectivity index (χ1) is 22.6. The summed E-state index contributed by atoms with van der Waals surface area (Å²) in [5, 5.41) is 9.69. The number of nitrogens with one attached hydrogen (secondary N) is 3. The quantitative estimate of drug-likeness (QED) is 0.169. The second kappa shape index (κ2) is 13.1. The first kappa shape index (κ1) is 31.5. The van der Waals surface area contributed by atoms with Crippen molar-refractivity contribution >= 4 is 39.8 Å². The van der Waals surface area contributed by atoms with Crippen LogP contribution in [0.1, 0.15) is 12.0 Å². The summed E-state index contributed by atoms with van der Waals surface area (Å²) < 4.78 is 47.3. The van der Waals surface area contributed by atoms with E-state index in [1.807, 2.05) is 43.3 Å². The van der Waals surface area contributed by atoms with E-state index in [-0.39, 0.29) is 17.6 Å². The summed E-state index contributed by atoms with van der Waals surface area (Å²) in [7, 11) is 5.64. The van der Waals surface area contributed by atoms with Gasteiger partial charge < -0.3 is 30.5 Å². The largest absolute Gasteiger partial charge is 0.438 e. The van der Waals surface area contributed by atoms with Gasteiger partial charge >= 0.3 is 12.2 Å². The van der Waals surface area contributed by atoms with E-state index in [1.54, 1.807) is 37.5 Å². The lowest BCUT2D eigenvalue weighted by molar-refractivity contribution is -0.137. The van der Waals surface area contributed by atoms with Gasteiger partial charge in [0.1, 0.15) is 12.1 Å². The number of carbonyl (C=O) groups is 1. The van der Waals surface area contributed by atoms with Crippen LogP contribution in [0, 0.1) is 0 Å². The van der Waals surface area contributed by atoms with E-state index in [4.69, 9.17) is 4.74 Å². The summed E-state index contributed by atoms with van der Waals surface area (Å²) in [5.74, 6) is 1.48. The number of ether oxygens (including phenoxy) is 1. The van der Waals surface area contributed by atoms with Crippen molar-refractivity contribution in [3.05, 3.63) is 84.8 Å². The van der Waals surface area contributed by atoms with Crippen LogP contribution >= 0.6 is 0 Å². The zero-order valence-electron chi connectivity index (χ0n) is 25.8. The van der Waals surface area contributed by atoms with Gasteiger partial charge in [-0.05, 0) is 63.0 Å². The maximum atomic E-state index is 13.7. The van der Waals surface area contributed by atoms with Crippen LogP contribution in [0.2, 0.25) is 0 Å². The van der Waals surface area contributed by atoms with Gasteiger partial charge in [0.05, 0.1) is 28.2 Å². The third-order valence-corrected chi connectivity index (χ3v) is 7.95. The van der Waals surface area contributed by atoms with E-state index < -0.39 is 17.8 Å². The Morgan fingerprint density at radius 3 is 2.49 bits per heavy atom. The van der Waals surface area contributed by atoms with Crippen LogP contribution in [0.4, 0.5) is 41.0 Å². The minimum absolute atomic E-state index is 0.0726. The van der Waals surface area contributed by atoms with Gasteiger partial charge in [-0.1, -0.05) is 24.3 Å². The van der Waals surface area contributed by atoms with Crippen LogP contribution in [-0.4, -0.2) is 71.1 Å². The molecule has 3 N–H and O–H groups in total. The topological polar surface area (TPSA) is 120 Å². The van der Waals surface area contributed by atoms with Crippen LogP contribution in [0.3, 0.4) is 0 Å². The summed E-state index contributed by atoms with van der Waals surface area (Å²) in [6.07, 6.45) is -0.737. The average Bonchev–Trinajstić information content (AvgIpc) is 3.56. The molecule has 0 spiro atoms. The van der Waals surface area contributed by atoms with E-state index >= 15 is 0 Å². The maximum Gasteiger partial charge on any atom is 0.416 e. The molecule has 1 fully saturated rings. The Bertz CT molecular complexity index is 1920. The van der Waals surface area contributed by atoms with Crippen LogP contribution in [-0.2, 0) is 6.18 Å². The summed E-state index contributed by atoms with van der Waals surface area (Å²) in [6, 6.07) is 17.2.